The van der Waals surface area contributed by atoms with Gasteiger partial charge in [-0.05, 0) is 31.2 Å². The lowest BCUT2D eigenvalue weighted by Crippen LogP contribution is -2.17. The highest BCUT2D eigenvalue weighted by Crippen LogP contribution is 2.21. The average Bonchev–Trinajstić information content (AvgIpc) is 3.25. The number of nitro benzene ring substituents is 1. The van der Waals surface area contributed by atoms with E-state index in [4.69, 9.17) is 4.52 Å². The normalized spacial score (nSPS) is 10.9. The Balaban J connectivity index is 1.56. The number of non-ortho nitro benzene ring substituents is 1. The van der Waals surface area contributed by atoms with Crippen LogP contribution in [0.25, 0.3) is 16.7 Å². The van der Waals surface area contributed by atoms with E-state index >= 15 is 0 Å². The number of para-hydroxylation sites is 1. The molecule has 2 aromatic heterocycles. The van der Waals surface area contributed by atoms with Crippen molar-refractivity contribution in [3.05, 3.63) is 76.1 Å². The zero-order chi connectivity index (χ0) is 19.7. The van der Waals surface area contributed by atoms with Gasteiger partial charge in [0.15, 0.2) is 5.58 Å². The molecule has 140 valence electrons. The molecule has 0 unspecified atom stereocenters. The minimum absolute atomic E-state index is 0.0175. The van der Waals surface area contributed by atoms with E-state index in [0.29, 0.717) is 28.5 Å². The molecule has 1 amide bonds. The highest BCUT2D eigenvalue weighted by atomic mass is 16.6. The van der Waals surface area contributed by atoms with E-state index in [1.807, 2.05) is 18.2 Å². The van der Waals surface area contributed by atoms with E-state index in [1.54, 1.807) is 31.2 Å². The number of carbonyl (C=O) groups is 1. The molecule has 0 saturated heterocycles. The maximum absolute atomic E-state index is 12.5. The van der Waals surface area contributed by atoms with Crippen molar-refractivity contribution in [2.24, 2.45) is 0 Å². The predicted octanol–water partition coefficient (Wildman–Crippen LogP) is 3.41. The molecule has 0 aliphatic rings. The first-order valence-electron chi connectivity index (χ1n) is 8.46. The molecular weight excluding hydrogens is 362 g/mol. The van der Waals surface area contributed by atoms with Crippen LogP contribution in [0.3, 0.4) is 0 Å². The van der Waals surface area contributed by atoms with E-state index in [9.17, 15) is 14.9 Å². The van der Waals surface area contributed by atoms with Crippen LogP contribution in [0.4, 0.5) is 11.5 Å². The van der Waals surface area contributed by atoms with Gasteiger partial charge in [0.25, 0.3) is 5.69 Å². The van der Waals surface area contributed by atoms with Gasteiger partial charge < -0.3 is 9.84 Å². The van der Waals surface area contributed by atoms with Crippen molar-refractivity contribution in [1.82, 2.24) is 14.9 Å². The third-order valence-corrected chi connectivity index (χ3v) is 4.18. The molecule has 0 aliphatic heterocycles. The molecule has 0 atom stereocenters. The van der Waals surface area contributed by atoms with Gasteiger partial charge in [-0.15, -0.1) is 0 Å². The number of amides is 1. The van der Waals surface area contributed by atoms with Crippen LogP contribution in [0.1, 0.15) is 11.4 Å². The van der Waals surface area contributed by atoms with Crippen molar-refractivity contribution in [1.29, 1.82) is 0 Å². The SMILES string of the molecule is Cc1cc(NC(=O)Cc2noc3ccccc23)n(-c2ccc([N+](=O)[O-])cc2)n1. The summed E-state index contributed by atoms with van der Waals surface area (Å²) < 4.78 is 6.75. The minimum atomic E-state index is -0.469. The van der Waals surface area contributed by atoms with Crippen molar-refractivity contribution in [3.8, 4) is 5.69 Å². The number of nitrogens with one attached hydrogen (secondary N) is 1. The predicted molar refractivity (Wildman–Crippen MR) is 101 cm³/mol. The van der Waals surface area contributed by atoms with Gasteiger partial charge in [-0.3, -0.25) is 14.9 Å². The van der Waals surface area contributed by atoms with Gasteiger partial charge in [-0.1, -0.05) is 17.3 Å². The van der Waals surface area contributed by atoms with Gasteiger partial charge in [0, 0.05) is 23.6 Å². The minimum Gasteiger partial charge on any atom is -0.356 e. The Hall–Kier alpha value is -4.01. The second kappa shape index (κ2) is 6.95. The van der Waals surface area contributed by atoms with Gasteiger partial charge in [-0.2, -0.15) is 5.10 Å². The molecule has 28 heavy (non-hydrogen) atoms. The summed E-state index contributed by atoms with van der Waals surface area (Å²) in [7, 11) is 0. The van der Waals surface area contributed by atoms with Crippen LogP contribution in [0.15, 0.2) is 59.1 Å². The second-order valence-electron chi connectivity index (χ2n) is 6.21. The average molecular weight is 377 g/mol. The van der Waals surface area contributed by atoms with Gasteiger partial charge in [-0.25, -0.2) is 4.68 Å². The Labute approximate surface area is 158 Å². The number of carbonyl (C=O) groups excluding carboxylic acids is 1. The van der Waals surface area contributed by atoms with Gasteiger partial charge in [0.2, 0.25) is 5.91 Å². The highest BCUT2D eigenvalue weighted by molar-refractivity contribution is 5.94. The van der Waals surface area contributed by atoms with Crippen LogP contribution in [0, 0.1) is 17.0 Å². The van der Waals surface area contributed by atoms with Gasteiger partial charge in [0.05, 0.1) is 22.7 Å². The Bertz CT molecular complexity index is 1180. The molecule has 2 aromatic carbocycles. The number of nitrogens with zero attached hydrogens (tertiary/aromatic N) is 4. The summed E-state index contributed by atoms with van der Waals surface area (Å²) in [5.74, 6) is 0.186. The fraction of sp³-hybridized carbons (Fsp3) is 0.105. The molecular formula is C19H15N5O4. The lowest BCUT2D eigenvalue weighted by molar-refractivity contribution is -0.384. The lowest BCUT2D eigenvalue weighted by Gasteiger charge is -2.08. The van der Waals surface area contributed by atoms with Crippen LogP contribution < -0.4 is 5.32 Å². The topological polar surface area (TPSA) is 116 Å². The standard InChI is InChI=1S/C19H15N5O4/c1-12-10-18(23(21-12)13-6-8-14(9-7-13)24(26)27)20-19(25)11-16-15-4-2-3-5-17(15)28-22-16/h2-10H,11H2,1H3,(H,20,25). The molecule has 0 bridgehead atoms. The number of hydrogen-bond acceptors (Lipinski definition) is 6. The number of rotatable bonds is 5. The molecule has 4 aromatic rings. The van der Waals surface area contributed by atoms with Crippen molar-refractivity contribution >= 4 is 28.4 Å². The van der Waals surface area contributed by atoms with Gasteiger partial charge >= 0.3 is 0 Å². The fourth-order valence-corrected chi connectivity index (χ4v) is 2.91. The summed E-state index contributed by atoms with van der Waals surface area (Å²) in [5.41, 5.74) is 2.45. The monoisotopic (exact) mass is 377 g/mol. The third kappa shape index (κ3) is 3.32. The van der Waals surface area contributed by atoms with Crippen molar-refractivity contribution in [2.75, 3.05) is 5.32 Å². The third-order valence-electron chi connectivity index (χ3n) is 4.18. The summed E-state index contributed by atoms with van der Waals surface area (Å²) in [4.78, 5) is 22.9. The van der Waals surface area contributed by atoms with Crippen LogP contribution in [0.5, 0.6) is 0 Å². The second-order valence-corrected chi connectivity index (χ2v) is 6.21. The zero-order valence-electron chi connectivity index (χ0n) is 14.8. The molecule has 0 spiro atoms. The molecule has 0 fully saturated rings. The summed E-state index contributed by atoms with van der Waals surface area (Å²) in [6.45, 7) is 1.79. The van der Waals surface area contributed by atoms with E-state index in [0.717, 1.165) is 5.39 Å². The zero-order valence-corrected chi connectivity index (χ0v) is 14.8. The molecule has 4 rings (SSSR count). The fourth-order valence-electron chi connectivity index (χ4n) is 2.91. The summed E-state index contributed by atoms with van der Waals surface area (Å²) in [6, 6.07) is 15.0. The Morgan fingerprint density at radius 1 is 1.21 bits per heavy atom. The molecule has 1 N–H and O–H groups in total. The number of aryl methyl sites for hydroxylation is 1. The molecule has 9 nitrogen and oxygen atoms in total. The Kier molecular flexibility index (Phi) is 4.32. The first-order chi connectivity index (χ1) is 13.5. The molecule has 2 heterocycles. The number of hydrogen-bond donors (Lipinski definition) is 1. The molecule has 0 saturated carbocycles. The highest BCUT2D eigenvalue weighted by Gasteiger charge is 2.16. The van der Waals surface area contributed by atoms with Crippen LogP contribution in [0.2, 0.25) is 0 Å². The van der Waals surface area contributed by atoms with Crippen molar-refractivity contribution in [2.45, 2.75) is 13.3 Å². The first-order valence-corrected chi connectivity index (χ1v) is 8.46. The van der Waals surface area contributed by atoms with Crippen LogP contribution >= 0.6 is 0 Å². The quantitative estimate of drug-likeness (QED) is 0.421. The van der Waals surface area contributed by atoms with E-state index < -0.39 is 4.92 Å². The lowest BCUT2D eigenvalue weighted by atomic mass is 10.1. The molecule has 9 heteroatoms. The largest absolute Gasteiger partial charge is 0.356 e. The van der Waals surface area contributed by atoms with Crippen molar-refractivity contribution < 1.29 is 14.2 Å². The van der Waals surface area contributed by atoms with Crippen LogP contribution in [-0.4, -0.2) is 25.8 Å². The number of benzene rings is 2. The maximum atomic E-state index is 12.5. The number of fused-ring (bicyclic) bond motifs is 1. The first kappa shape index (κ1) is 17.4. The summed E-state index contributed by atoms with van der Waals surface area (Å²) in [5, 5.41) is 22.7. The summed E-state index contributed by atoms with van der Waals surface area (Å²) >= 11 is 0. The number of anilines is 1. The van der Waals surface area contributed by atoms with Crippen molar-refractivity contribution in [3.63, 3.8) is 0 Å². The van der Waals surface area contributed by atoms with E-state index in [2.05, 4.69) is 15.6 Å². The van der Waals surface area contributed by atoms with E-state index in [-0.39, 0.29) is 18.0 Å². The number of aromatic nitrogens is 3. The Morgan fingerprint density at radius 2 is 1.96 bits per heavy atom. The Morgan fingerprint density at radius 3 is 2.71 bits per heavy atom. The molecule has 0 radical (unpaired) electrons. The summed E-state index contributed by atoms with van der Waals surface area (Å²) in [6.07, 6.45) is 0.0432. The van der Waals surface area contributed by atoms with E-state index in [1.165, 1.54) is 16.8 Å². The number of nitro groups is 1. The molecule has 0 aliphatic carbocycles. The smallest absolute Gasteiger partial charge is 0.269 e. The maximum Gasteiger partial charge on any atom is 0.269 e. The van der Waals surface area contributed by atoms with Gasteiger partial charge in [0.1, 0.15) is 11.5 Å². The van der Waals surface area contributed by atoms with Crippen LogP contribution in [-0.2, 0) is 11.2 Å².